The molecule has 1 aliphatic rings. The number of hydrogen-bond acceptors (Lipinski definition) is 2. The minimum absolute atomic E-state index is 0.0651. The first-order valence-electron chi connectivity index (χ1n) is 6.85. The van der Waals surface area contributed by atoms with Gasteiger partial charge in [-0.25, -0.2) is 0 Å². The van der Waals surface area contributed by atoms with Crippen LogP contribution in [-0.4, -0.2) is 23.7 Å². The van der Waals surface area contributed by atoms with Gasteiger partial charge in [-0.15, -0.1) is 0 Å². The van der Waals surface area contributed by atoms with E-state index in [-0.39, 0.29) is 12.0 Å². The van der Waals surface area contributed by atoms with E-state index in [1.807, 2.05) is 37.3 Å². The fourth-order valence-corrected chi connectivity index (χ4v) is 2.48. The van der Waals surface area contributed by atoms with Gasteiger partial charge in [-0.05, 0) is 49.3 Å². The van der Waals surface area contributed by atoms with E-state index >= 15 is 0 Å². The van der Waals surface area contributed by atoms with E-state index in [4.69, 9.17) is 0 Å². The van der Waals surface area contributed by atoms with Gasteiger partial charge in [-0.3, -0.25) is 4.79 Å². The summed E-state index contributed by atoms with van der Waals surface area (Å²) in [4.78, 5) is 11.7. The highest BCUT2D eigenvalue weighted by molar-refractivity contribution is 5.91. The monoisotopic (exact) mass is 259 g/mol. The molecule has 0 aliphatic heterocycles. The Morgan fingerprint density at radius 3 is 2.89 bits per heavy atom. The van der Waals surface area contributed by atoms with E-state index in [1.165, 1.54) is 0 Å². The Hall–Kier alpha value is -1.61. The van der Waals surface area contributed by atoms with Crippen molar-refractivity contribution in [1.29, 1.82) is 0 Å². The van der Waals surface area contributed by atoms with Gasteiger partial charge in [-0.2, -0.15) is 0 Å². The molecule has 1 aromatic rings. The lowest BCUT2D eigenvalue weighted by Crippen LogP contribution is -2.26. The van der Waals surface area contributed by atoms with E-state index in [1.54, 1.807) is 6.08 Å². The summed E-state index contributed by atoms with van der Waals surface area (Å²) in [6.07, 6.45) is 5.91. The van der Waals surface area contributed by atoms with Gasteiger partial charge in [-0.1, -0.05) is 24.3 Å². The molecular formula is C16H21NO2. The second-order valence-corrected chi connectivity index (χ2v) is 5.27. The van der Waals surface area contributed by atoms with Gasteiger partial charge in [0.25, 0.3) is 0 Å². The summed E-state index contributed by atoms with van der Waals surface area (Å²) >= 11 is 0. The Bertz CT molecular complexity index is 468. The van der Waals surface area contributed by atoms with Crippen molar-refractivity contribution in [1.82, 2.24) is 5.32 Å². The predicted molar refractivity (Wildman–Crippen MR) is 76.6 cm³/mol. The third kappa shape index (κ3) is 4.21. The summed E-state index contributed by atoms with van der Waals surface area (Å²) in [6, 6.07) is 7.96. The summed E-state index contributed by atoms with van der Waals surface area (Å²) in [5.41, 5.74) is 2.22. The topological polar surface area (TPSA) is 49.3 Å². The highest BCUT2D eigenvalue weighted by Crippen LogP contribution is 2.24. The molecule has 1 saturated carbocycles. The molecule has 2 unspecified atom stereocenters. The third-order valence-corrected chi connectivity index (χ3v) is 3.68. The molecule has 102 valence electrons. The smallest absolute Gasteiger partial charge is 0.244 e. The van der Waals surface area contributed by atoms with Gasteiger partial charge in [0.1, 0.15) is 0 Å². The lowest BCUT2D eigenvalue weighted by molar-refractivity contribution is -0.116. The minimum atomic E-state index is -0.176. The lowest BCUT2D eigenvalue weighted by atomic mass is 10.1. The van der Waals surface area contributed by atoms with E-state index in [0.717, 1.165) is 30.4 Å². The number of carbonyl (C=O) groups excluding carboxylic acids is 1. The number of aryl methyl sites for hydroxylation is 1. The van der Waals surface area contributed by atoms with Crippen LogP contribution < -0.4 is 5.32 Å². The summed E-state index contributed by atoms with van der Waals surface area (Å²) in [7, 11) is 0. The van der Waals surface area contributed by atoms with Crippen LogP contribution in [0, 0.1) is 12.8 Å². The summed E-state index contributed by atoms with van der Waals surface area (Å²) < 4.78 is 0. The van der Waals surface area contributed by atoms with E-state index in [0.29, 0.717) is 12.5 Å². The van der Waals surface area contributed by atoms with Crippen molar-refractivity contribution in [2.75, 3.05) is 6.54 Å². The van der Waals surface area contributed by atoms with Gasteiger partial charge >= 0.3 is 0 Å². The van der Waals surface area contributed by atoms with Crippen LogP contribution in [0.2, 0.25) is 0 Å². The molecule has 19 heavy (non-hydrogen) atoms. The number of rotatable bonds is 4. The van der Waals surface area contributed by atoms with Crippen LogP contribution >= 0.6 is 0 Å². The molecule has 0 heterocycles. The van der Waals surface area contributed by atoms with Crippen molar-refractivity contribution < 1.29 is 9.90 Å². The maximum Gasteiger partial charge on any atom is 0.244 e. The number of benzene rings is 1. The summed E-state index contributed by atoms with van der Waals surface area (Å²) in [5, 5.41) is 12.3. The molecule has 1 aliphatic carbocycles. The number of carbonyl (C=O) groups is 1. The average molecular weight is 259 g/mol. The first-order chi connectivity index (χ1) is 9.15. The molecule has 0 aromatic heterocycles. The predicted octanol–water partition coefficient (Wildman–Crippen LogP) is 2.29. The lowest BCUT2D eigenvalue weighted by Gasteiger charge is -2.09. The minimum Gasteiger partial charge on any atom is -0.393 e. The Balaban J connectivity index is 1.80. The molecule has 2 atom stereocenters. The molecule has 0 radical (unpaired) electrons. The first kappa shape index (κ1) is 13.8. The summed E-state index contributed by atoms with van der Waals surface area (Å²) in [6.45, 7) is 2.69. The number of hydrogen-bond donors (Lipinski definition) is 2. The number of amides is 1. The van der Waals surface area contributed by atoms with Crippen molar-refractivity contribution in [3.8, 4) is 0 Å². The first-order valence-corrected chi connectivity index (χ1v) is 6.85. The standard InChI is InChI=1S/C16H21NO2/c1-12-4-2-3-5-14(12)7-9-16(19)17-11-13-6-8-15(18)10-13/h2-5,7,9,13,15,18H,6,8,10-11H2,1H3,(H,17,19)/b9-7+. The van der Waals surface area contributed by atoms with Crippen molar-refractivity contribution in [3.63, 3.8) is 0 Å². The van der Waals surface area contributed by atoms with E-state index in [9.17, 15) is 9.90 Å². The van der Waals surface area contributed by atoms with Crippen LogP contribution in [0.4, 0.5) is 0 Å². The van der Waals surface area contributed by atoms with Crippen LogP contribution in [0.1, 0.15) is 30.4 Å². The van der Waals surface area contributed by atoms with Crippen LogP contribution in [0.5, 0.6) is 0 Å². The fraction of sp³-hybridized carbons (Fsp3) is 0.438. The van der Waals surface area contributed by atoms with E-state index < -0.39 is 0 Å². The van der Waals surface area contributed by atoms with E-state index in [2.05, 4.69) is 5.32 Å². The Morgan fingerprint density at radius 1 is 1.42 bits per heavy atom. The molecule has 1 amide bonds. The largest absolute Gasteiger partial charge is 0.393 e. The second kappa shape index (κ2) is 6.53. The van der Waals surface area contributed by atoms with Crippen molar-refractivity contribution in [2.45, 2.75) is 32.3 Å². The number of aliphatic hydroxyl groups is 1. The van der Waals surface area contributed by atoms with Gasteiger partial charge in [0, 0.05) is 12.6 Å². The number of nitrogens with one attached hydrogen (secondary N) is 1. The highest BCUT2D eigenvalue weighted by atomic mass is 16.3. The molecule has 3 nitrogen and oxygen atoms in total. The summed E-state index contributed by atoms with van der Waals surface area (Å²) in [5.74, 6) is 0.357. The Morgan fingerprint density at radius 2 is 2.21 bits per heavy atom. The molecule has 0 bridgehead atoms. The van der Waals surface area contributed by atoms with Gasteiger partial charge in [0.2, 0.25) is 5.91 Å². The SMILES string of the molecule is Cc1ccccc1/C=C/C(=O)NCC1CCC(O)C1. The molecule has 0 saturated heterocycles. The molecule has 1 aromatic carbocycles. The molecule has 2 rings (SSSR count). The van der Waals surface area contributed by atoms with Gasteiger partial charge in [0.05, 0.1) is 6.10 Å². The van der Waals surface area contributed by atoms with Gasteiger partial charge in [0.15, 0.2) is 0 Å². The number of aliphatic hydroxyl groups excluding tert-OH is 1. The van der Waals surface area contributed by atoms with Crippen LogP contribution in [-0.2, 0) is 4.79 Å². The Labute approximate surface area is 114 Å². The normalized spacial score (nSPS) is 22.8. The molecule has 0 spiro atoms. The van der Waals surface area contributed by atoms with Crippen molar-refractivity contribution in [2.24, 2.45) is 5.92 Å². The quantitative estimate of drug-likeness (QED) is 0.815. The zero-order valence-corrected chi connectivity index (χ0v) is 11.3. The second-order valence-electron chi connectivity index (χ2n) is 5.27. The fourth-order valence-electron chi connectivity index (χ4n) is 2.48. The average Bonchev–Trinajstić information content (AvgIpc) is 2.81. The molecular weight excluding hydrogens is 238 g/mol. The molecule has 2 N–H and O–H groups in total. The van der Waals surface area contributed by atoms with Crippen molar-refractivity contribution >= 4 is 12.0 Å². The third-order valence-electron chi connectivity index (χ3n) is 3.68. The molecule has 1 fully saturated rings. The van der Waals surface area contributed by atoms with Crippen LogP contribution in [0.3, 0.4) is 0 Å². The highest BCUT2D eigenvalue weighted by Gasteiger charge is 2.22. The van der Waals surface area contributed by atoms with Crippen LogP contribution in [0.25, 0.3) is 6.08 Å². The maximum absolute atomic E-state index is 11.7. The molecule has 3 heteroatoms. The zero-order chi connectivity index (χ0) is 13.7. The van der Waals surface area contributed by atoms with Gasteiger partial charge < -0.3 is 10.4 Å². The zero-order valence-electron chi connectivity index (χ0n) is 11.3. The maximum atomic E-state index is 11.7. The van der Waals surface area contributed by atoms with Crippen molar-refractivity contribution in [3.05, 3.63) is 41.5 Å². The van der Waals surface area contributed by atoms with Crippen LogP contribution in [0.15, 0.2) is 30.3 Å². The Kier molecular flexibility index (Phi) is 4.74.